The highest BCUT2D eigenvalue weighted by molar-refractivity contribution is 9.10. The zero-order chi connectivity index (χ0) is 21.9. The Balaban J connectivity index is 1.68. The molecule has 0 spiro atoms. The van der Waals surface area contributed by atoms with Crippen LogP contribution in [0.15, 0.2) is 57.9 Å². The highest BCUT2D eigenvalue weighted by atomic mass is 79.9. The van der Waals surface area contributed by atoms with Gasteiger partial charge < -0.3 is 10.2 Å². The molecule has 2 N–H and O–H groups in total. The molecular formula is C20H20BrN3O5S. The maximum absolute atomic E-state index is 12.7. The van der Waals surface area contributed by atoms with E-state index in [1.54, 1.807) is 30.3 Å². The van der Waals surface area contributed by atoms with Gasteiger partial charge in [0.1, 0.15) is 5.92 Å². The summed E-state index contributed by atoms with van der Waals surface area (Å²) in [4.78, 5) is 37.6. The van der Waals surface area contributed by atoms with Gasteiger partial charge in [0.05, 0.1) is 10.6 Å². The van der Waals surface area contributed by atoms with Crippen LogP contribution in [-0.4, -0.2) is 32.7 Å². The van der Waals surface area contributed by atoms with E-state index >= 15 is 0 Å². The number of hydrogen-bond acceptors (Lipinski definition) is 5. The number of nitrogens with zero attached hydrogens (tertiary/aromatic N) is 1. The maximum atomic E-state index is 12.7. The van der Waals surface area contributed by atoms with Crippen LogP contribution in [0.2, 0.25) is 0 Å². The predicted octanol–water partition coefficient (Wildman–Crippen LogP) is 1.94. The second-order valence-corrected chi connectivity index (χ2v) is 9.34. The van der Waals surface area contributed by atoms with E-state index < -0.39 is 27.8 Å². The standard InChI is InChI=1S/C20H20BrN3O5S/c1-13(25)22-12-14-6-8-15(9-7-14)30(28,29)23-19(26)16-10-11-24(20(16)27)18-5-3-2-4-17(18)21/h2-9,16H,10-12H2,1H3,(H,22,25)(H,23,26)/t16-/m1/s1. The van der Waals surface area contributed by atoms with Gasteiger partial charge in [-0.2, -0.15) is 0 Å². The maximum Gasteiger partial charge on any atom is 0.264 e. The van der Waals surface area contributed by atoms with Crippen LogP contribution >= 0.6 is 15.9 Å². The number of para-hydroxylation sites is 1. The lowest BCUT2D eigenvalue weighted by Gasteiger charge is -2.18. The van der Waals surface area contributed by atoms with Crippen LogP contribution in [-0.2, 0) is 31.0 Å². The Labute approximate surface area is 182 Å². The van der Waals surface area contributed by atoms with Crippen LogP contribution < -0.4 is 14.9 Å². The molecule has 1 saturated heterocycles. The Bertz CT molecular complexity index is 1090. The highest BCUT2D eigenvalue weighted by Crippen LogP contribution is 2.31. The summed E-state index contributed by atoms with van der Waals surface area (Å²) in [6.07, 6.45) is 0.219. The largest absolute Gasteiger partial charge is 0.352 e. The number of rotatable bonds is 6. The summed E-state index contributed by atoms with van der Waals surface area (Å²) in [5.41, 5.74) is 1.35. The lowest BCUT2D eigenvalue weighted by atomic mass is 10.1. The van der Waals surface area contributed by atoms with E-state index in [1.807, 2.05) is 10.8 Å². The third kappa shape index (κ3) is 4.88. The highest BCUT2D eigenvalue weighted by Gasteiger charge is 2.39. The van der Waals surface area contributed by atoms with Crippen molar-refractivity contribution in [3.05, 3.63) is 58.6 Å². The van der Waals surface area contributed by atoms with Gasteiger partial charge in [-0.15, -0.1) is 0 Å². The Morgan fingerprint density at radius 3 is 2.43 bits per heavy atom. The molecule has 10 heteroatoms. The van der Waals surface area contributed by atoms with E-state index in [2.05, 4.69) is 21.2 Å². The molecule has 3 amide bonds. The molecule has 0 aliphatic carbocycles. The minimum absolute atomic E-state index is 0.101. The van der Waals surface area contributed by atoms with Crippen molar-refractivity contribution in [1.82, 2.24) is 10.0 Å². The van der Waals surface area contributed by atoms with Gasteiger partial charge in [-0.25, -0.2) is 13.1 Å². The summed E-state index contributed by atoms with van der Waals surface area (Å²) in [6.45, 7) is 1.97. The zero-order valence-electron chi connectivity index (χ0n) is 16.1. The van der Waals surface area contributed by atoms with Gasteiger partial charge in [-0.3, -0.25) is 14.4 Å². The van der Waals surface area contributed by atoms with Crippen LogP contribution in [0, 0.1) is 5.92 Å². The Hall–Kier alpha value is -2.72. The molecule has 1 aliphatic rings. The molecule has 1 atom stereocenters. The van der Waals surface area contributed by atoms with Crippen LogP contribution in [0.3, 0.4) is 0 Å². The third-order valence-electron chi connectivity index (χ3n) is 4.68. The zero-order valence-corrected chi connectivity index (χ0v) is 18.5. The number of anilines is 1. The molecule has 2 aromatic rings. The summed E-state index contributed by atoms with van der Waals surface area (Å²) < 4.78 is 27.8. The van der Waals surface area contributed by atoms with Crippen LogP contribution in [0.1, 0.15) is 18.9 Å². The molecule has 8 nitrogen and oxygen atoms in total. The van der Waals surface area contributed by atoms with Crippen molar-refractivity contribution in [3.63, 3.8) is 0 Å². The van der Waals surface area contributed by atoms with Crippen LogP contribution in [0.25, 0.3) is 0 Å². The molecule has 0 bridgehead atoms. The third-order valence-corrected chi connectivity index (χ3v) is 6.71. The van der Waals surface area contributed by atoms with Gasteiger partial charge in [0.25, 0.3) is 10.0 Å². The van der Waals surface area contributed by atoms with Gasteiger partial charge in [-0.1, -0.05) is 24.3 Å². The van der Waals surface area contributed by atoms with E-state index in [0.29, 0.717) is 22.3 Å². The van der Waals surface area contributed by atoms with E-state index in [0.717, 1.165) is 0 Å². The van der Waals surface area contributed by atoms with Gasteiger partial charge in [0.2, 0.25) is 17.7 Å². The van der Waals surface area contributed by atoms with Crippen molar-refractivity contribution in [2.75, 3.05) is 11.4 Å². The Kier molecular flexibility index (Phi) is 6.57. The molecular weight excluding hydrogens is 474 g/mol. The first-order chi connectivity index (χ1) is 14.2. The lowest BCUT2D eigenvalue weighted by molar-refractivity contribution is -0.131. The molecule has 1 heterocycles. The Morgan fingerprint density at radius 1 is 1.13 bits per heavy atom. The first kappa shape index (κ1) is 22.0. The van der Waals surface area contributed by atoms with Crippen molar-refractivity contribution >= 4 is 49.4 Å². The molecule has 0 radical (unpaired) electrons. The number of carbonyl (C=O) groups is 3. The fourth-order valence-corrected chi connectivity index (χ4v) is 4.63. The fourth-order valence-electron chi connectivity index (χ4n) is 3.11. The molecule has 1 fully saturated rings. The summed E-state index contributed by atoms with van der Waals surface area (Å²) >= 11 is 3.38. The van der Waals surface area contributed by atoms with Crippen LogP contribution in [0.4, 0.5) is 5.69 Å². The molecule has 158 valence electrons. The second-order valence-electron chi connectivity index (χ2n) is 6.81. The van der Waals surface area contributed by atoms with Crippen LogP contribution in [0.5, 0.6) is 0 Å². The quantitative estimate of drug-likeness (QED) is 0.597. The van der Waals surface area contributed by atoms with E-state index in [9.17, 15) is 22.8 Å². The molecule has 1 aliphatic heterocycles. The van der Waals surface area contributed by atoms with E-state index in [1.165, 1.54) is 24.0 Å². The average Bonchev–Trinajstić information content (AvgIpc) is 3.08. The first-order valence-corrected chi connectivity index (χ1v) is 11.4. The Morgan fingerprint density at radius 2 is 1.80 bits per heavy atom. The van der Waals surface area contributed by atoms with E-state index in [-0.39, 0.29) is 23.8 Å². The second kappa shape index (κ2) is 8.97. The molecule has 3 rings (SSSR count). The van der Waals surface area contributed by atoms with Gasteiger partial charge in [0.15, 0.2) is 0 Å². The number of nitrogens with one attached hydrogen (secondary N) is 2. The van der Waals surface area contributed by atoms with Crippen molar-refractivity contribution in [2.45, 2.75) is 24.8 Å². The molecule has 0 aromatic heterocycles. The number of hydrogen-bond donors (Lipinski definition) is 2. The number of sulfonamides is 1. The SMILES string of the molecule is CC(=O)NCc1ccc(S(=O)(=O)NC(=O)[C@H]2CCN(c3ccccc3Br)C2=O)cc1. The number of amides is 3. The molecule has 30 heavy (non-hydrogen) atoms. The van der Waals surface area contributed by atoms with Gasteiger partial charge in [-0.05, 0) is 52.2 Å². The number of benzene rings is 2. The minimum Gasteiger partial charge on any atom is -0.352 e. The van der Waals surface area contributed by atoms with Gasteiger partial charge in [0, 0.05) is 24.5 Å². The summed E-state index contributed by atoms with van der Waals surface area (Å²) in [7, 11) is -4.13. The smallest absolute Gasteiger partial charge is 0.264 e. The summed E-state index contributed by atoms with van der Waals surface area (Å²) in [5, 5.41) is 2.61. The van der Waals surface area contributed by atoms with E-state index in [4.69, 9.17) is 0 Å². The van der Waals surface area contributed by atoms with Crippen molar-refractivity contribution in [1.29, 1.82) is 0 Å². The monoisotopic (exact) mass is 493 g/mol. The topological polar surface area (TPSA) is 113 Å². The number of carbonyl (C=O) groups excluding carboxylic acids is 3. The predicted molar refractivity (Wildman–Crippen MR) is 114 cm³/mol. The summed E-state index contributed by atoms with van der Waals surface area (Å²) in [5.74, 6) is -2.57. The van der Waals surface area contributed by atoms with Crippen molar-refractivity contribution in [2.24, 2.45) is 5.92 Å². The number of halogens is 1. The fraction of sp³-hybridized carbons (Fsp3) is 0.250. The van der Waals surface area contributed by atoms with Crippen molar-refractivity contribution < 1.29 is 22.8 Å². The average molecular weight is 494 g/mol. The molecule has 2 aromatic carbocycles. The van der Waals surface area contributed by atoms with Gasteiger partial charge >= 0.3 is 0 Å². The lowest BCUT2D eigenvalue weighted by Crippen LogP contribution is -2.39. The van der Waals surface area contributed by atoms with Crippen molar-refractivity contribution in [3.8, 4) is 0 Å². The molecule has 0 unspecified atom stereocenters. The normalized spacial score (nSPS) is 16.4. The first-order valence-electron chi connectivity index (χ1n) is 9.15. The minimum atomic E-state index is -4.13. The molecule has 0 saturated carbocycles. The summed E-state index contributed by atoms with van der Waals surface area (Å²) in [6, 6.07) is 12.9.